The third-order valence-corrected chi connectivity index (χ3v) is 3.53. The molecule has 0 spiro atoms. The van der Waals surface area contributed by atoms with Crippen LogP contribution in [0.15, 0.2) is 24.3 Å². The molecule has 0 amide bonds. The number of likely N-dealkylation sites (N-methyl/N-ethyl adjacent to an activating group) is 1. The molecule has 2 nitrogen and oxygen atoms in total. The van der Waals surface area contributed by atoms with Crippen LogP contribution in [0.3, 0.4) is 0 Å². The van der Waals surface area contributed by atoms with E-state index >= 15 is 0 Å². The topological polar surface area (TPSA) is 15.3 Å². The van der Waals surface area contributed by atoms with Crippen LogP contribution >= 0.6 is 0 Å². The van der Waals surface area contributed by atoms with Crippen molar-refractivity contribution in [1.29, 1.82) is 0 Å². The minimum atomic E-state index is 0.445. The summed E-state index contributed by atoms with van der Waals surface area (Å²) in [6.45, 7) is 6.63. The molecule has 1 aromatic carbocycles. The maximum atomic E-state index is 3.47. The first-order valence-corrected chi connectivity index (χ1v) is 6.96. The van der Waals surface area contributed by atoms with Crippen molar-refractivity contribution in [3.63, 3.8) is 0 Å². The Balaban J connectivity index is 2.00. The Morgan fingerprint density at radius 3 is 3.06 bits per heavy atom. The lowest BCUT2D eigenvalue weighted by molar-refractivity contribution is 0.625. The second-order valence-electron chi connectivity index (χ2n) is 5.16. The maximum absolute atomic E-state index is 3.47. The Morgan fingerprint density at radius 2 is 2.28 bits per heavy atom. The van der Waals surface area contributed by atoms with Gasteiger partial charge >= 0.3 is 0 Å². The zero-order valence-electron chi connectivity index (χ0n) is 11.7. The fraction of sp³-hybridized carbons (Fsp3) is 0.500. The first kappa shape index (κ1) is 13.2. The molecule has 0 aliphatic carbocycles. The molecule has 0 saturated carbocycles. The van der Waals surface area contributed by atoms with Crippen molar-refractivity contribution >= 4 is 11.8 Å². The highest BCUT2D eigenvalue weighted by Gasteiger charge is 2.14. The van der Waals surface area contributed by atoms with Crippen molar-refractivity contribution in [1.82, 2.24) is 5.32 Å². The molecule has 0 fully saturated rings. The molecule has 0 aromatic heterocycles. The third kappa shape index (κ3) is 3.14. The van der Waals surface area contributed by atoms with Gasteiger partial charge in [-0.25, -0.2) is 0 Å². The van der Waals surface area contributed by atoms with Gasteiger partial charge in [-0.15, -0.1) is 0 Å². The number of hydrogen-bond acceptors (Lipinski definition) is 2. The summed E-state index contributed by atoms with van der Waals surface area (Å²) >= 11 is 0. The number of hydrogen-bond donors (Lipinski definition) is 1. The summed E-state index contributed by atoms with van der Waals surface area (Å²) in [5.74, 6) is 0. The summed E-state index contributed by atoms with van der Waals surface area (Å²) < 4.78 is 0. The van der Waals surface area contributed by atoms with Gasteiger partial charge in [-0.05, 0) is 49.6 Å². The zero-order chi connectivity index (χ0) is 13.0. The second-order valence-corrected chi connectivity index (χ2v) is 5.16. The molecule has 1 aliphatic heterocycles. The fourth-order valence-electron chi connectivity index (χ4n) is 2.39. The van der Waals surface area contributed by atoms with Crippen LogP contribution in [0.5, 0.6) is 0 Å². The van der Waals surface area contributed by atoms with Crippen molar-refractivity contribution in [2.75, 3.05) is 25.0 Å². The van der Waals surface area contributed by atoms with Crippen molar-refractivity contribution in [2.45, 2.75) is 32.7 Å². The summed E-state index contributed by atoms with van der Waals surface area (Å²) in [6, 6.07) is 7.22. The molecular formula is C16H24N2. The van der Waals surface area contributed by atoms with Gasteiger partial charge in [0.25, 0.3) is 0 Å². The Morgan fingerprint density at radius 1 is 1.44 bits per heavy atom. The lowest BCUT2D eigenvalue weighted by atomic mass is 10.1. The number of anilines is 1. The van der Waals surface area contributed by atoms with Crippen LogP contribution in [0, 0.1) is 0 Å². The van der Waals surface area contributed by atoms with E-state index in [1.54, 1.807) is 0 Å². The minimum absolute atomic E-state index is 0.445. The van der Waals surface area contributed by atoms with Crippen molar-refractivity contribution in [3.8, 4) is 0 Å². The molecule has 1 N–H and O–H groups in total. The van der Waals surface area contributed by atoms with Crippen LogP contribution in [0.1, 0.15) is 31.4 Å². The molecule has 1 atom stereocenters. The molecule has 18 heavy (non-hydrogen) atoms. The largest absolute Gasteiger partial charge is 0.374 e. The molecular weight excluding hydrogens is 220 g/mol. The zero-order valence-corrected chi connectivity index (χ0v) is 11.7. The van der Waals surface area contributed by atoms with Gasteiger partial charge in [-0.3, -0.25) is 0 Å². The molecule has 2 heteroatoms. The molecule has 1 unspecified atom stereocenters. The average Bonchev–Trinajstić information content (AvgIpc) is 2.75. The number of nitrogens with zero attached hydrogens (tertiary/aromatic N) is 1. The van der Waals surface area contributed by atoms with Gasteiger partial charge in [0.1, 0.15) is 0 Å². The predicted octanol–water partition coefficient (Wildman–Crippen LogP) is 3.08. The van der Waals surface area contributed by atoms with Gasteiger partial charge in [0.2, 0.25) is 0 Å². The van der Waals surface area contributed by atoms with Gasteiger partial charge in [0.15, 0.2) is 0 Å². The minimum Gasteiger partial charge on any atom is -0.374 e. The number of benzene rings is 1. The molecule has 1 heterocycles. The number of fused-ring (bicyclic) bond motifs is 1. The van der Waals surface area contributed by atoms with Crippen LogP contribution < -0.4 is 10.2 Å². The SMILES string of the molecule is CCCNC(C)/C=C/c1ccc2c(c1)CCN2C. The molecule has 0 radical (unpaired) electrons. The summed E-state index contributed by atoms with van der Waals surface area (Å²) in [7, 11) is 2.16. The second kappa shape index (κ2) is 6.05. The van der Waals surface area contributed by atoms with E-state index in [-0.39, 0.29) is 0 Å². The van der Waals surface area contributed by atoms with E-state index < -0.39 is 0 Å². The van der Waals surface area contributed by atoms with Gasteiger partial charge in [0, 0.05) is 25.3 Å². The summed E-state index contributed by atoms with van der Waals surface area (Å²) in [4.78, 5) is 2.33. The Bertz CT molecular complexity index is 423. The maximum Gasteiger partial charge on any atom is 0.0397 e. The van der Waals surface area contributed by atoms with Crippen LogP contribution in [0.4, 0.5) is 5.69 Å². The van der Waals surface area contributed by atoms with Gasteiger partial charge in [-0.1, -0.05) is 25.1 Å². The van der Waals surface area contributed by atoms with Crippen molar-refractivity contribution < 1.29 is 0 Å². The lowest BCUT2D eigenvalue weighted by Gasteiger charge is -2.11. The van der Waals surface area contributed by atoms with E-state index in [1.807, 2.05) is 0 Å². The highest BCUT2D eigenvalue weighted by atomic mass is 15.1. The molecule has 1 aliphatic rings. The lowest BCUT2D eigenvalue weighted by Crippen LogP contribution is -2.24. The van der Waals surface area contributed by atoms with Crippen LogP contribution in [-0.4, -0.2) is 26.2 Å². The summed E-state index contributed by atoms with van der Waals surface area (Å²) in [5.41, 5.74) is 4.19. The Labute approximate surface area is 111 Å². The van der Waals surface area contributed by atoms with E-state index in [0.29, 0.717) is 6.04 Å². The van der Waals surface area contributed by atoms with Crippen molar-refractivity contribution in [2.24, 2.45) is 0 Å². The quantitative estimate of drug-likeness (QED) is 0.856. The van der Waals surface area contributed by atoms with Gasteiger partial charge in [0.05, 0.1) is 0 Å². The van der Waals surface area contributed by atoms with E-state index in [1.165, 1.54) is 29.7 Å². The predicted molar refractivity (Wildman–Crippen MR) is 80.2 cm³/mol. The molecule has 0 saturated heterocycles. The molecule has 0 bridgehead atoms. The van der Waals surface area contributed by atoms with E-state index in [9.17, 15) is 0 Å². The highest BCUT2D eigenvalue weighted by molar-refractivity contribution is 5.63. The fourth-order valence-corrected chi connectivity index (χ4v) is 2.39. The third-order valence-electron chi connectivity index (χ3n) is 3.53. The normalized spacial score (nSPS) is 16.3. The van der Waals surface area contributed by atoms with Crippen LogP contribution in [-0.2, 0) is 6.42 Å². The smallest absolute Gasteiger partial charge is 0.0397 e. The summed E-state index contributed by atoms with van der Waals surface area (Å²) in [6.07, 6.45) is 6.84. The Kier molecular flexibility index (Phi) is 4.43. The van der Waals surface area contributed by atoms with E-state index in [4.69, 9.17) is 0 Å². The number of nitrogens with one attached hydrogen (secondary N) is 1. The average molecular weight is 244 g/mol. The monoisotopic (exact) mass is 244 g/mol. The standard InChI is InChI=1S/C16H24N2/c1-4-10-17-13(2)5-6-14-7-8-16-15(12-14)9-11-18(16)3/h5-8,12-13,17H,4,9-11H2,1-3H3/b6-5+. The van der Waals surface area contributed by atoms with Crippen molar-refractivity contribution in [3.05, 3.63) is 35.4 Å². The van der Waals surface area contributed by atoms with Crippen LogP contribution in [0.25, 0.3) is 6.08 Å². The summed E-state index contributed by atoms with van der Waals surface area (Å²) in [5, 5.41) is 3.47. The van der Waals surface area contributed by atoms with Gasteiger partial charge in [-0.2, -0.15) is 0 Å². The first-order chi connectivity index (χ1) is 8.70. The van der Waals surface area contributed by atoms with Crippen LogP contribution in [0.2, 0.25) is 0 Å². The first-order valence-electron chi connectivity index (χ1n) is 6.96. The highest BCUT2D eigenvalue weighted by Crippen LogP contribution is 2.27. The van der Waals surface area contributed by atoms with E-state index in [2.05, 4.69) is 61.5 Å². The molecule has 1 aromatic rings. The Hall–Kier alpha value is -1.28. The number of rotatable bonds is 5. The molecule has 2 rings (SSSR count). The van der Waals surface area contributed by atoms with E-state index in [0.717, 1.165) is 13.1 Å². The molecule has 98 valence electrons. The van der Waals surface area contributed by atoms with Gasteiger partial charge < -0.3 is 10.2 Å².